The van der Waals surface area contributed by atoms with E-state index in [2.05, 4.69) is 22.6 Å². The molecule has 0 aromatic heterocycles. The van der Waals surface area contributed by atoms with Crippen LogP contribution in [0.2, 0.25) is 0 Å². The van der Waals surface area contributed by atoms with Gasteiger partial charge in [-0.25, -0.2) is 0 Å². The van der Waals surface area contributed by atoms with E-state index < -0.39 is 17.1 Å². The van der Waals surface area contributed by atoms with Crippen molar-refractivity contribution >= 4 is 57.5 Å². The van der Waals surface area contributed by atoms with Crippen LogP contribution in [0.25, 0.3) is 6.08 Å². The monoisotopic (exact) mass is 491 g/mol. The zero-order valence-corrected chi connectivity index (χ0v) is 17.5. The summed E-state index contributed by atoms with van der Waals surface area (Å²) in [5, 5.41) is -0.498. The molecular formula is C17H18INO6S. The minimum Gasteiger partial charge on any atom is -0.492 e. The summed E-state index contributed by atoms with van der Waals surface area (Å²) >= 11 is 2.90. The normalized spacial score (nSPS) is 15.5. The molecule has 2 rings (SSSR count). The molecule has 0 N–H and O–H groups in total. The van der Waals surface area contributed by atoms with Crippen molar-refractivity contribution in [1.82, 2.24) is 4.90 Å². The van der Waals surface area contributed by atoms with Gasteiger partial charge in [0, 0.05) is 0 Å². The first kappa shape index (κ1) is 20.6. The molecule has 7 nitrogen and oxygen atoms in total. The third kappa shape index (κ3) is 4.70. The standard InChI is InChI=1S/C17H18INO6S/c1-4-24-12-7-10(6-11(18)15(12)23-3)8-13-16(21)19(17(22)26-13)9-14(20)25-5-2/h6-8H,4-5,9H2,1-3H3/b13-8+. The van der Waals surface area contributed by atoms with Gasteiger partial charge >= 0.3 is 5.97 Å². The van der Waals surface area contributed by atoms with Crippen molar-refractivity contribution in [3.05, 3.63) is 26.2 Å². The van der Waals surface area contributed by atoms with Gasteiger partial charge in [0.1, 0.15) is 6.54 Å². The second-order valence-corrected chi connectivity index (χ2v) is 7.20. The summed E-state index contributed by atoms with van der Waals surface area (Å²) in [6.45, 7) is 3.79. The number of benzene rings is 1. The molecule has 0 spiro atoms. The fourth-order valence-electron chi connectivity index (χ4n) is 2.26. The molecule has 0 bridgehead atoms. The smallest absolute Gasteiger partial charge is 0.326 e. The summed E-state index contributed by atoms with van der Waals surface area (Å²) in [7, 11) is 1.56. The Balaban J connectivity index is 2.28. The van der Waals surface area contributed by atoms with Gasteiger partial charge in [0.2, 0.25) is 0 Å². The third-order valence-electron chi connectivity index (χ3n) is 3.30. The maximum Gasteiger partial charge on any atom is 0.326 e. The van der Waals surface area contributed by atoms with Gasteiger partial charge in [-0.1, -0.05) is 0 Å². The first-order valence-electron chi connectivity index (χ1n) is 7.82. The molecule has 1 fully saturated rings. The lowest BCUT2D eigenvalue weighted by molar-refractivity contribution is -0.145. The van der Waals surface area contributed by atoms with Crippen LogP contribution >= 0.6 is 34.4 Å². The molecule has 1 aliphatic heterocycles. The van der Waals surface area contributed by atoms with Gasteiger partial charge in [-0.15, -0.1) is 0 Å². The van der Waals surface area contributed by atoms with Crippen LogP contribution in [-0.2, 0) is 14.3 Å². The van der Waals surface area contributed by atoms with E-state index in [1.165, 1.54) is 0 Å². The molecule has 1 aromatic rings. The average molecular weight is 491 g/mol. The number of carbonyl (C=O) groups excluding carboxylic acids is 3. The average Bonchev–Trinajstić information content (AvgIpc) is 2.83. The molecular weight excluding hydrogens is 473 g/mol. The van der Waals surface area contributed by atoms with E-state index in [1.54, 1.807) is 26.2 Å². The Hall–Kier alpha value is -1.75. The Morgan fingerprint density at radius 3 is 2.62 bits per heavy atom. The number of methoxy groups -OCH3 is 1. The number of carbonyl (C=O) groups is 3. The predicted octanol–water partition coefficient (Wildman–Crippen LogP) is 3.30. The summed E-state index contributed by atoms with van der Waals surface area (Å²) < 4.78 is 16.5. The van der Waals surface area contributed by atoms with Crippen LogP contribution in [0.1, 0.15) is 19.4 Å². The van der Waals surface area contributed by atoms with Crippen molar-refractivity contribution in [2.45, 2.75) is 13.8 Å². The van der Waals surface area contributed by atoms with Crippen LogP contribution in [0.4, 0.5) is 4.79 Å². The first-order chi connectivity index (χ1) is 12.4. The molecule has 1 aromatic carbocycles. The van der Waals surface area contributed by atoms with Crippen LogP contribution in [0, 0.1) is 3.57 Å². The molecule has 1 aliphatic rings. The van der Waals surface area contributed by atoms with Crippen LogP contribution in [0.5, 0.6) is 11.5 Å². The Morgan fingerprint density at radius 2 is 2.00 bits per heavy atom. The van der Waals surface area contributed by atoms with E-state index >= 15 is 0 Å². The zero-order valence-electron chi connectivity index (χ0n) is 14.5. The molecule has 26 heavy (non-hydrogen) atoms. The SMILES string of the molecule is CCOC(=O)CN1C(=O)S/C(=C/c2cc(I)c(OC)c(OCC)c2)C1=O. The fourth-order valence-corrected chi connectivity index (χ4v) is 3.94. The van der Waals surface area contributed by atoms with Gasteiger partial charge in [0.15, 0.2) is 11.5 Å². The van der Waals surface area contributed by atoms with Crippen LogP contribution in [0.15, 0.2) is 17.0 Å². The third-order valence-corrected chi connectivity index (χ3v) is 5.01. The highest BCUT2D eigenvalue weighted by Gasteiger charge is 2.36. The number of hydrogen-bond donors (Lipinski definition) is 0. The van der Waals surface area contributed by atoms with Gasteiger partial charge < -0.3 is 14.2 Å². The van der Waals surface area contributed by atoms with Gasteiger partial charge in [-0.2, -0.15) is 0 Å². The molecule has 1 heterocycles. The summed E-state index contributed by atoms with van der Waals surface area (Å²) in [5.74, 6) is 0.0319. The zero-order chi connectivity index (χ0) is 19.3. The number of ether oxygens (including phenoxy) is 3. The fraction of sp³-hybridized carbons (Fsp3) is 0.353. The molecule has 0 atom stereocenters. The van der Waals surface area contributed by atoms with Gasteiger partial charge in [-0.3, -0.25) is 19.3 Å². The van der Waals surface area contributed by atoms with Crippen molar-refractivity contribution in [1.29, 1.82) is 0 Å². The number of imide groups is 1. The van der Waals surface area contributed by atoms with Crippen molar-refractivity contribution < 1.29 is 28.6 Å². The van der Waals surface area contributed by atoms with E-state index in [1.807, 2.05) is 13.0 Å². The second kappa shape index (κ2) is 9.26. The number of esters is 1. The molecule has 0 unspecified atom stereocenters. The maximum absolute atomic E-state index is 12.4. The summed E-state index contributed by atoms with van der Waals surface area (Å²) in [6, 6.07) is 3.56. The molecule has 0 aliphatic carbocycles. The lowest BCUT2D eigenvalue weighted by atomic mass is 10.2. The first-order valence-corrected chi connectivity index (χ1v) is 9.72. The quantitative estimate of drug-likeness (QED) is 0.329. The number of halogens is 1. The van der Waals surface area contributed by atoms with Crippen LogP contribution in [-0.4, -0.2) is 48.9 Å². The lowest BCUT2D eigenvalue weighted by Gasteiger charge is -2.12. The van der Waals surface area contributed by atoms with Crippen LogP contribution < -0.4 is 9.47 Å². The number of hydrogen-bond acceptors (Lipinski definition) is 7. The summed E-state index contributed by atoms with van der Waals surface area (Å²) in [4.78, 5) is 37.1. The minimum absolute atomic E-state index is 0.190. The molecule has 9 heteroatoms. The molecule has 0 radical (unpaired) electrons. The lowest BCUT2D eigenvalue weighted by Crippen LogP contribution is -2.34. The van der Waals surface area contributed by atoms with Gasteiger partial charge in [0.25, 0.3) is 11.1 Å². The van der Waals surface area contributed by atoms with Crippen LogP contribution in [0.3, 0.4) is 0 Å². The maximum atomic E-state index is 12.4. The van der Waals surface area contributed by atoms with E-state index in [-0.39, 0.29) is 18.1 Å². The van der Waals surface area contributed by atoms with E-state index in [4.69, 9.17) is 14.2 Å². The van der Waals surface area contributed by atoms with Crippen molar-refractivity contribution in [3.8, 4) is 11.5 Å². The summed E-state index contributed by atoms with van der Waals surface area (Å²) in [5.41, 5.74) is 0.695. The highest BCUT2D eigenvalue weighted by molar-refractivity contribution is 14.1. The van der Waals surface area contributed by atoms with E-state index in [0.717, 1.165) is 20.2 Å². The topological polar surface area (TPSA) is 82.1 Å². The van der Waals surface area contributed by atoms with Crippen molar-refractivity contribution in [2.75, 3.05) is 26.9 Å². The Kier molecular flexibility index (Phi) is 7.33. The highest BCUT2D eigenvalue weighted by Crippen LogP contribution is 2.37. The number of thioether (sulfide) groups is 1. The number of amides is 2. The Morgan fingerprint density at radius 1 is 1.27 bits per heavy atom. The van der Waals surface area contributed by atoms with Gasteiger partial charge in [0.05, 0.1) is 28.8 Å². The molecule has 140 valence electrons. The van der Waals surface area contributed by atoms with E-state index in [9.17, 15) is 14.4 Å². The molecule has 1 saturated heterocycles. The van der Waals surface area contributed by atoms with Gasteiger partial charge in [-0.05, 0) is 72.0 Å². The highest BCUT2D eigenvalue weighted by atomic mass is 127. The largest absolute Gasteiger partial charge is 0.492 e. The molecule has 2 amide bonds. The predicted molar refractivity (Wildman–Crippen MR) is 106 cm³/mol. The number of rotatable bonds is 7. The Bertz CT molecular complexity index is 764. The molecule has 0 saturated carbocycles. The van der Waals surface area contributed by atoms with Crippen molar-refractivity contribution in [2.24, 2.45) is 0 Å². The number of nitrogens with zero attached hydrogens (tertiary/aromatic N) is 1. The van der Waals surface area contributed by atoms with Crippen molar-refractivity contribution in [3.63, 3.8) is 0 Å². The summed E-state index contributed by atoms with van der Waals surface area (Å²) in [6.07, 6.45) is 1.60. The minimum atomic E-state index is -0.617. The second-order valence-electron chi connectivity index (χ2n) is 5.04. The van der Waals surface area contributed by atoms with E-state index in [0.29, 0.717) is 23.7 Å². The Labute approximate surface area is 169 Å².